The second kappa shape index (κ2) is 5.43. The van der Waals surface area contributed by atoms with Crippen LogP contribution in [-0.4, -0.2) is 23.3 Å². The Bertz CT molecular complexity index is 470. The van der Waals surface area contributed by atoms with Crippen LogP contribution in [0.3, 0.4) is 0 Å². The van der Waals surface area contributed by atoms with Gasteiger partial charge in [-0.1, -0.05) is 11.6 Å². The SMILES string of the molecule is O=C1CC(CCl)CN1c1ncc(Br)c(Cl)c1Br. The van der Waals surface area contributed by atoms with Gasteiger partial charge in [0, 0.05) is 25.0 Å². The summed E-state index contributed by atoms with van der Waals surface area (Å²) in [4.78, 5) is 17.7. The van der Waals surface area contributed by atoms with Gasteiger partial charge < -0.3 is 0 Å². The van der Waals surface area contributed by atoms with E-state index in [1.807, 2.05) is 0 Å². The summed E-state index contributed by atoms with van der Waals surface area (Å²) in [6.45, 7) is 0.589. The summed E-state index contributed by atoms with van der Waals surface area (Å²) in [6.07, 6.45) is 2.05. The number of amides is 1. The number of aromatic nitrogens is 1. The number of carbonyl (C=O) groups is 1. The average Bonchev–Trinajstić information content (AvgIpc) is 2.68. The molecule has 0 radical (unpaired) electrons. The molecule has 7 heteroatoms. The zero-order chi connectivity index (χ0) is 12.6. The lowest BCUT2D eigenvalue weighted by atomic mass is 10.1. The Kier molecular flexibility index (Phi) is 4.34. The van der Waals surface area contributed by atoms with E-state index in [4.69, 9.17) is 23.2 Å². The van der Waals surface area contributed by atoms with Crippen LogP contribution in [0.25, 0.3) is 0 Å². The molecule has 17 heavy (non-hydrogen) atoms. The van der Waals surface area contributed by atoms with Crippen LogP contribution in [0, 0.1) is 5.92 Å². The van der Waals surface area contributed by atoms with Crippen LogP contribution in [-0.2, 0) is 4.79 Å². The second-order valence-electron chi connectivity index (χ2n) is 3.79. The Morgan fingerprint density at radius 1 is 1.53 bits per heavy atom. The fourth-order valence-electron chi connectivity index (χ4n) is 1.71. The maximum Gasteiger partial charge on any atom is 0.228 e. The molecular weight excluding hydrogens is 395 g/mol. The summed E-state index contributed by atoms with van der Waals surface area (Å²) in [5.74, 6) is 1.24. The molecule has 1 aliphatic heterocycles. The molecule has 0 saturated carbocycles. The highest BCUT2D eigenvalue weighted by Gasteiger charge is 2.32. The van der Waals surface area contributed by atoms with Gasteiger partial charge in [-0.2, -0.15) is 0 Å². The van der Waals surface area contributed by atoms with E-state index in [-0.39, 0.29) is 11.8 Å². The van der Waals surface area contributed by atoms with Gasteiger partial charge in [-0.15, -0.1) is 11.6 Å². The summed E-state index contributed by atoms with van der Waals surface area (Å²) in [6, 6.07) is 0. The second-order valence-corrected chi connectivity index (χ2v) is 6.12. The highest BCUT2D eigenvalue weighted by molar-refractivity contribution is 9.11. The zero-order valence-corrected chi connectivity index (χ0v) is 13.3. The lowest BCUT2D eigenvalue weighted by molar-refractivity contribution is -0.117. The minimum Gasteiger partial charge on any atom is -0.295 e. The molecule has 0 aliphatic carbocycles. The normalized spacial score (nSPS) is 20.1. The molecule has 0 bridgehead atoms. The van der Waals surface area contributed by atoms with Crippen molar-refractivity contribution in [3.05, 3.63) is 20.2 Å². The quantitative estimate of drug-likeness (QED) is 0.704. The van der Waals surface area contributed by atoms with Gasteiger partial charge in [-0.3, -0.25) is 9.69 Å². The van der Waals surface area contributed by atoms with E-state index in [0.717, 1.165) is 0 Å². The molecular formula is C10H8Br2Cl2N2O. The van der Waals surface area contributed by atoms with Crippen LogP contribution >= 0.6 is 55.1 Å². The van der Waals surface area contributed by atoms with Crippen molar-refractivity contribution in [2.45, 2.75) is 6.42 Å². The molecule has 2 rings (SSSR count). The Morgan fingerprint density at radius 3 is 2.82 bits per heavy atom. The Hall–Kier alpha value is 0.160. The first kappa shape index (κ1) is 13.6. The smallest absolute Gasteiger partial charge is 0.228 e. The molecule has 0 aromatic carbocycles. The number of hydrogen-bond acceptors (Lipinski definition) is 2. The first-order valence-corrected chi connectivity index (χ1v) is 7.40. The maximum atomic E-state index is 11.8. The molecule has 0 spiro atoms. The number of carbonyl (C=O) groups excluding carboxylic acids is 1. The third-order valence-corrected chi connectivity index (χ3v) is 5.22. The highest BCUT2D eigenvalue weighted by atomic mass is 79.9. The topological polar surface area (TPSA) is 33.2 Å². The standard InChI is InChI=1S/C10H8Br2Cl2N2O/c11-6-3-15-10(8(12)9(6)14)16-4-5(2-13)1-7(16)17/h3,5H,1-2,4H2. The Morgan fingerprint density at radius 2 is 2.24 bits per heavy atom. The molecule has 1 aliphatic rings. The maximum absolute atomic E-state index is 11.8. The molecule has 1 aromatic heterocycles. The average molecular weight is 403 g/mol. The van der Waals surface area contributed by atoms with Gasteiger partial charge in [0.05, 0.1) is 14.0 Å². The van der Waals surface area contributed by atoms with E-state index in [1.54, 1.807) is 11.1 Å². The number of rotatable bonds is 2. The first-order valence-electron chi connectivity index (χ1n) is 4.90. The van der Waals surface area contributed by atoms with Crippen LogP contribution in [0.2, 0.25) is 5.02 Å². The minimum absolute atomic E-state index is 0.0299. The fraction of sp³-hybridized carbons (Fsp3) is 0.400. The van der Waals surface area contributed by atoms with Crippen LogP contribution < -0.4 is 4.90 Å². The number of nitrogens with zero attached hydrogens (tertiary/aromatic N) is 2. The molecule has 1 amide bonds. The number of alkyl halides is 1. The van der Waals surface area contributed by atoms with E-state index in [2.05, 4.69) is 36.8 Å². The molecule has 1 fully saturated rings. The van der Waals surface area contributed by atoms with Crippen molar-refractivity contribution in [3.63, 3.8) is 0 Å². The van der Waals surface area contributed by atoms with Gasteiger partial charge in [0.2, 0.25) is 5.91 Å². The minimum atomic E-state index is 0.0299. The van der Waals surface area contributed by atoms with Gasteiger partial charge in [0.15, 0.2) is 5.82 Å². The van der Waals surface area contributed by atoms with Gasteiger partial charge >= 0.3 is 0 Å². The van der Waals surface area contributed by atoms with Gasteiger partial charge in [-0.05, 0) is 37.8 Å². The molecule has 1 saturated heterocycles. The Balaban J connectivity index is 2.35. The van der Waals surface area contributed by atoms with Crippen LogP contribution in [0.15, 0.2) is 15.1 Å². The van der Waals surface area contributed by atoms with Crippen molar-refractivity contribution < 1.29 is 4.79 Å². The Labute approximate surface area is 126 Å². The van der Waals surface area contributed by atoms with E-state index in [9.17, 15) is 4.79 Å². The number of hydrogen-bond donors (Lipinski definition) is 0. The van der Waals surface area contributed by atoms with E-state index < -0.39 is 0 Å². The van der Waals surface area contributed by atoms with Crippen LogP contribution in [0.4, 0.5) is 5.82 Å². The highest BCUT2D eigenvalue weighted by Crippen LogP contribution is 2.38. The molecule has 1 atom stereocenters. The summed E-state index contributed by atoms with van der Waals surface area (Å²) in [5.41, 5.74) is 0. The van der Waals surface area contributed by atoms with Crippen molar-refractivity contribution in [1.29, 1.82) is 0 Å². The zero-order valence-electron chi connectivity index (χ0n) is 8.59. The summed E-state index contributed by atoms with van der Waals surface area (Å²) < 4.78 is 1.31. The largest absolute Gasteiger partial charge is 0.295 e. The number of halogens is 4. The van der Waals surface area contributed by atoms with E-state index in [1.165, 1.54) is 0 Å². The third-order valence-electron chi connectivity index (χ3n) is 2.58. The van der Waals surface area contributed by atoms with Gasteiger partial charge in [0.25, 0.3) is 0 Å². The van der Waals surface area contributed by atoms with E-state index in [0.29, 0.717) is 38.6 Å². The molecule has 1 unspecified atom stereocenters. The number of pyridine rings is 1. The first-order chi connectivity index (χ1) is 8.04. The van der Waals surface area contributed by atoms with Crippen molar-refractivity contribution in [3.8, 4) is 0 Å². The van der Waals surface area contributed by atoms with Crippen molar-refractivity contribution in [2.75, 3.05) is 17.3 Å². The lowest BCUT2D eigenvalue weighted by Crippen LogP contribution is -2.26. The monoisotopic (exact) mass is 400 g/mol. The predicted molar refractivity (Wildman–Crippen MR) is 75.8 cm³/mol. The van der Waals surface area contributed by atoms with Gasteiger partial charge in [-0.25, -0.2) is 4.98 Å². The lowest BCUT2D eigenvalue weighted by Gasteiger charge is -2.17. The van der Waals surface area contributed by atoms with E-state index >= 15 is 0 Å². The fourth-order valence-corrected chi connectivity index (χ4v) is 3.15. The van der Waals surface area contributed by atoms with Crippen LogP contribution in [0.5, 0.6) is 0 Å². The van der Waals surface area contributed by atoms with Crippen molar-refractivity contribution >= 4 is 66.8 Å². The predicted octanol–water partition coefficient (Wildman–Crippen LogP) is 3.85. The molecule has 2 heterocycles. The van der Waals surface area contributed by atoms with Crippen LogP contribution in [0.1, 0.15) is 6.42 Å². The molecule has 92 valence electrons. The third kappa shape index (κ3) is 2.62. The molecule has 1 aromatic rings. The molecule has 3 nitrogen and oxygen atoms in total. The van der Waals surface area contributed by atoms with Crippen molar-refractivity contribution in [1.82, 2.24) is 4.98 Å². The summed E-state index contributed by atoms with van der Waals surface area (Å²) in [7, 11) is 0. The summed E-state index contributed by atoms with van der Waals surface area (Å²) in [5, 5.41) is 0.511. The number of anilines is 1. The summed E-state index contributed by atoms with van der Waals surface area (Å²) >= 11 is 18.5. The van der Waals surface area contributed by atoms with Crippen molar-refractivity contribution in [2.24, 2.45) is 5.92 Å². The van der Waals surface area contributed by atoms with Gasteiger partial charge in [0.1, 0.15) is 0 Å². The molecule has 0 N–H and O–H groups in total.